The predicted molar refractivity (Wildman–Crippen MR) is 89.3 cm³/mol. The smallest absolute Gasteiger partial charge is 0.256 e. The first kappa shape index (κ1) is 15.9. The van der Waals surface area contributed by atoms with Crippen molar-refractivity contribution in [2.24, 2.45) is 0 Å². The molecule has 1 N–H and O–H groups in total. The molecule has 4 nitrogen and oxygen atoms in total. The summed E-state index contributed by atoms with van der Waals surface area (Å²) in [6, 6.07) is 10.6. The lowest BCUT2D eigenvalue weighted by molar-refractivity contribution is 0.102. The highest BCUT2D eigenvalue weighted by molar-refractivity contribution is 9.11. The van der Waals surface area contributed by atoms with Crippen molar-refractivity contribution in [3.05, 3.63) is 50.9 Å². The Morgan fingerprint density at radius 3 is 2.43 bits per heavy atom. The van der Waals surface area contributed by atoms with E-state index in [1.165, 1.54) is 0 Å². The molecular weight excluding hydrogens is 402 g/mol. The summed E-state index contributed by atoms with van der Waals surface area (Å²) in [6.45, 7) is 0. The molecule has 0 heterocycles. The molecule has 0 aliphatic rings. The maximum absolute atomic E-state index is 12.4. The minimum absolute atomic E-state index is 0.235. The number of anilines is 1. The van der Waals surface area contributed by atoms with Crippen LogP contribution in [0.3, 0.4) is 0 Å². The van der Waals surface area contributed by atoms with Gasteiger partial charge in [0, 0.05) is 15.0 Å². The summed E-state index contributed by atoms with van der Waals surface area (Å²) in [5, 5.41) is 2.82. The average Bonchev–Trinajstić information content (AvgIpc) is 2.46. The summed E-state index contributed by atoms with van der Waals surface area (Å²) in [7, 11) is 3.12. The van der Waals surface area contributed by atoms with Crippen molar-refractivity contribution in [3.8, 4) is 11.5 Å². The summed E-state index contributed by atoms with van der Waals surface area (Å²) >= 11 is 6.73. The molecule has 0 fully saturated rings. The lowest BCUT2D eigenvalue weighted by Gasteiger charge is -2.12. The zero-order chi connectivity index (χ0) is 15.4. The van der Waals surface area contributed by atoms with E-state index in [1.54, 1.807) is 38.5 Å². The number of benzene rings is 2. The standard InChI is InChI=1S/C15H13Br2NO3/c1-20-10-4-6-14(21-2)13(8-10)18-15(19)11-5-3-9(16)7-12(11)17/h3-8H,1-2H3,(H,18,19). The third-order valence-electron chi connectivity index (χ3n) is 2.83. The SMILES string of the molecule is COc1ccc(OC)c(NC(=O)c2ccc(Br)cc2Br)c1. The summed E-state index contributed by atoms with van der Waals surface area (Å²) in [5.74, 6) is 0.972. The van der Waals surface area contributed by atoms with Crippen LogP contribution in [-0.4, -0.2) is 20.1 Å². The minimum Gasteiger partial charge on any atom is -0.497 e. The van der Waals surface area contributed by atoms with Gasteiger partial charge in [-0.1, -0.05) is 15.9 Å². The molecule has 0 aromatic heterocycles. The highest BCUT2D eigenvalue weighted by Crippen LogP contribution is 2.30. The van der Waals surface area contributed by atoms with Gasteiger partial charge < -0.3 is 14.8 Å². The molecule has 2 aromatic rings. The van der Waals surface area contributed by atoms with Crippen LogP contribution in [0.25, 0.3) is 0 Å². The van der Waals surface area contributed by atoms with E-state index in [2.05, 4.69) is 37.2 Å². The van der Waals surface area contributed by atoms with Crippen LogP contribution >= 0.6 is 31.9 Å². The number of carbonyl (C=O) groups is 1. The topological polar surface area (TPSA) is 47.6 Å². The number of rotatable bonds is 4. The zero-order valence-corrected chi connectivity index (χ0v) is 14.6. The number of hydrogen-bond acceptors (Lipinski definition) is 3. The first-order valence-electron chi connectivity index (χ1n) is 6.03. The van der Waals surface area contributed by atoms with Gasteiger partial charge in [-0.05, 0) is 46.3 Å². The molecule has 2 aromatic carbocycles. The van der Waals surface area contributed by atoms with E-state index in [9.17, 15) is 4.79 Å². The van der Waals surface area contributed by atoms with E-state index < -0.39 is 0 Å². The number of halogens is 2. The highest BCUT2D eigenvalue weighted by Gasteiger charge is 2.13. The fourth-order valence-corrected chi connectivity index (χ4v) is 3.00. The molecule has 0 aliphatic carbocycles. The van der Waals surface area contributed by atoms with Crippen LogP contribution in [0.5, 0.6) is 11.5 Å². The van der Waals surface area contributed by atoms with Gasteiger partial charge in [0.05, 0.1) is 25.5 Å². The first-order valence-corrected chi connectivity index (χ1v) is 7.62. The largest absolute Gasteiger partial charge is 0.497 e. The fourth-order valence-electron chi connectivity index (χ4n) is 1.78. The maximum atomic E-state index is 12.4. The molecule has 0 unspecified atom stereocenters. The Balaban J connectivity index is 2.30. The van der Waals surface area contributed by atoms with E-state index in [0.717, 1.165) is 4.47 Å². The van der Waals surface area contributed by atoms with Crippen molar-refractivity contribution >= 4 is 43.5 Å². The number of nitrogens with one attached hydrogen (secondary N) is 1. The molecular formula is C15H13Br2NO3. The van der Waals surface area contributed by atoms with Crippen LogP contribution < -0.4 is 14.8 Å². The summed E-state index contributed by atoms with van der Waals surface area (Å²) in [6.07, 6.45) is 0. The Morgan fingerprint density at radius 1 is 1.05 bits per heavy atom. The number of carbonyl (C=O) groups excluding carboxylic acids is 1. The van der Waals surface area contributed by atoms with Gasteiger partial charge >= 0.3 is 0 Å². The van der Waals surface area contributed by atoms with Gasteiger partial charge in [0.1, 0.15) is 11.5 Å². The normalized spacial score (nSPS) is 10.1. The van der Waals surface area contributed by atoms with Crippen molar-refractivity contribution < 1.29 is 14.3 Å². The van der Waals surface area contributed by atoms with Crippen molar-refractivity contribution in [2.45, 2.75) is 0 Å². The molecule has 21 heavy (non-hydrogen) atoms. The Hall–Kier alpha value is -1.53. The first-order chi connectivity index (χ1) is 10.0. The van der Waals surface area contributed by atoms with Gasteiger partial charge in [-0.25, -0.2) is 0 Å². The second kappa shape index (κ2) is 6.95. The molecule has 1 amide bonds. The molecule has 0 saturated heterocycles. The summed E-state index contributed by atoms with van der Waals surface area (Å²) in [4.78, 5) is 12.4. The van der Waals surface area contributed by atoms with Gasteiger partial charge in [0.25, 0.3) is 5.91 Å². The fraction of sp³-hybridized carbons (Fsp3) is 0.133. The minimum atomic E-state index is -0.235. The van der Waals surface area contributed by atoms with Crippen molar-refractivity contribution in [1.29, 1.82) is 0 Å². The average molecular weight is 415 g/mol. The van der Waals surface area contributed by atoms with Crippen LogP contribution in [0.15, 0.2) is 45.3 Å². The van der Waals surface area contributed by atoms with Gasteiger partial charge in [0.15, 0.2) is 0 Å². The third-order valence-corrected chi connectivity index (χ3v) is 3.98. The van der Waals surface area contributed by atoms with Crippen molar-refractivity contribution in [1.82, 2.24) is 0 Å². The Morgan fingerprint density at radius 2 is 1.81 bits per heavy atom. The van der Waals surface area contributed by atoms with Gasteiger partial charge in [-0.15, -0.1) is 0 Å². The number of ether oxygens (including phenoxy) is 2. The number of amides is 1. The predicted octanol–water partition coefficient (Wildman–Crippen LogP) is 4.48. The van der Waals surface area contributed by atoms with E-state index in [4.69, 9.17) is 9.47 Å². The van der Waals surface area contributed by atoms with Crippen LogP contribution in [0, 0.1) is 0 Å². The highest BCUT2D eigenvalue weighted by atomic mass is 79.9. The molecule has 0 spiro atoms. The Bertz CT molecular complexity index is 674. The second-order valence-electron chi connectivity index (χ2n) is 4.14. The lowest BCUT2D eigenvalue weighted by atomic mass is 10.2. The van der Waals surface area contributed by atoms with Gasteiger partial charge in [0.2, 0.25) is 0 Å². The van der Waals surface area contributed by atoms with Gasteiger partial charge in [-0.2, -0.15) is 0 Å². The molecule has 0 radical (unpaired) electrons. The molecule has 2 rings (SSSR count). The summed E-state index contributed by atoms with van der Waals surface area (Å²) < 4.78 is 12.0. The van der Waals surface area contributed by atoms with E-state index >= 15 is 0 Å². The van der Waals surface area contributed by atoms with E-state index in [0.29, 0.717) is 27.2 Å². The lowest BCUT2D eigenvalue weighted by Crippen LogP contribution is -2.13. The van der Waals surface area contributed by atoms with Crippen LogP contribution in [0.2, 0.25) is 0 Å². The maximum Gasteiger partial charge on any atom is 0.256 e. The number of methoxy groups -OCH3 is 2. The van der Waals surface area contributed by atoms with Gasteiger partial charge in [-0.3, -0.25) is 4.79 Å². The van der Waals surface area contributed by atoms with Crippen LogP contribution in [0.4, 0.5) is 5.69 Å². The molecule has 6 heteroatoms. The Kier molecular flexibility index (Phi) is 5.25. The van der Waals surface area contributed by atoms with Crippen LogP contribution in [-0.2, 0) is 0 Å². The molecule has 0 bridgehead atoms. The molecule has 0 saturated carbocycles. The summed E-state index contributed by atoms with van der Waals surface area (Å²) in [5.41, 5.74) is 1.08. The van der Waals surface area contributed by atoms with E-state index in [-0.39, 0.29) is 5.91 Å². The van der Waals surface area contributed by atoms with Crippen LogP contribution in [0.1, 0.15) is 10.4 Å². The Labute approximate surface area is 139 Å². The molecule has 0 atom stereocenters. The quantitative estimate of drug-likeness (QED) is 0.802. The molecule has 0 aliphatic heterocycles. The zero-order valence-electron chi connectivity index (χ0n) is 11.4. The monoisotopic (exact) mass is 413 g/mol. The van der Waals surface area contributed by atoms with Crippen molar-refractivity contribution in [3.63, 3.8) is 0 Å². The third kappa shape index (κ3) is 3.77. The molecule has 110 valence electrons. The van der Waals surface area contributed by atoms with Crippen molar-refractivity contribution in [2.75, 3.05) is 19.5 Å². The van der Waals surface area contributed by atoms with E-state index in [1.807, 2.05) is 12.1 Å². The number of hydrogen-bond donors (Lipinski definition) is 1. The second-order valence-corrected chi connectivity index (χ2v) is 5.91.